The number of halogens is 1. The number of hydrogen-bond acceptors (Lipinski definition) is 3. The second-order valence-electron chi connectivity index (χ2n) is 4.08. The van der Waals surface area contributed by atoms with Crippen molar-refractivity contribution in [1.29, 1.82) is 0 Å². The van der Waals surface area contributed by atoms with E-state index in [2.05, 4.69) is 46.5 Å². The van der Waals surface area contributed by atoms with Crippen LogP contribution < -0.4 is 0 Å². The fourth-order valence-electron chi connectivity index (χ4n) is 1.78. The van der Waals surface area contributed by atoms with Gasteiger partial charge in [-0.15, -0.1) is 0 Å². The lowest BCUT2D eigenvalue weighted by Gasteiger charge is -2.24. The summed E-state index contributed by atoms with van der Waals surface area (Å²) >= 11 is 3.30. The van der Waals surface area contributed by atoms with E-state index in [1.165, 1.54) is 6.42 Å². The van der Waals surface area contributed by atoms with Crippen LogP contribution in [0.1, 0.15) is 27.2 Å². The van der Waals surface area contributed by atoms with Gasteiger partial charge in [0.05, 0.1) is 6.10 Å². The molecule has 4 heteroatoms. The summed E-state index contributed by atoms with van der Waals surface area (Å²) in [4.78, 5) is 4.75. The Bertz CT molecular complexity index is 154. The number of rotatable bonds is 10. The van der Waals surface area contributed by atoms with Gasteiger partial charge in [-0.2, -0.15) is 0 Å². The van der Waals surface area contributed by atoms with Crippen molar-refractivity contribution in [2.24, 2.45) is 0 Å². The largest absolute Gasteiger partial charge is 0.391 e. The molecule has 1 unspecified atom stereocenters. The number of likely N-dealkylation sites (N-methyl/N-ethyl adjacent to an activating group) is 1. The molecular weight excluding hydrogens is 268 g/mol. The van der Waals surface area contributed by atoms with Crippen LogP contribution in [0, 0.1) is 0 Å². The van der Waals surface area contributed by atoms with Crippen molar-refractivity contribution in [3.05, 3.63) is 0 Å². The molecule has 0 saturated heterocycles. The Kier molecular flexibility index (Phi) is 10.7. The standard InChI is InChI=1S/C12H27BrN2O/c1-4-14(5-2)8-7-9-15(6-3)11-12(16)10-13/h12,16H,4-11H2,1-3H3. The van der Waals surface area contributed by atoms with E-state index >= 15 is 0 Å². The van der Waals surface area contributed by atoms with Crippen LogP contribution in [0.25, 0.3) is 0 Å². The smallest absolute Gasteiger partial charge is 0.0763 e. The molecule has 0 aromatic carbocycles. The topological polar surface area (TPSA) is 26.7 Å². The molecule has 0 bridgehead atoms. The van der Waals surface area contributed by atoms with Crippen LogP contribution in [0.4, 0.5) is 0 Å². The highest BCUT2D eigenvalue weighted by Crippen LogP contribution is 1.99. The zero-order valence-electron chi connectivity index (χ0n) is 11.0. The lowest BCUT2D eigenvalue weighted by molar-refractivity contribution is 0.130. The predicted octanol–water partition coefficient (Wildman–Crippen LogP) is 1.80. The Balaban J connectivity index is 3.69. The molecule has 0 aromatic rings. The molecular formula is C12H27BrN2O. The zero-order valence-corrected chi connectivity index (χ0v) is 12.5. The minimum absolute atomic E-state index is 0.242. The SMILES string of the molecule is CCN(CC)CCCN(CC)CC(O)CBr. The third kappa shape index (κ3) is 7.60. The van der Waals surface area contributed by atoms with Crippen molar-refractivity contribution in [3.63, 3.8) is 0 Å². The summed E-state index contributed by atoms with van der Waals surface area (Å²) < 4.78 is 0. The van der Waals surface area contributed by atoms with Crippen LogP contribution in [0.3, 0.4) is 0 Å². The van der Waals surface area contributed by atoms with E-state index < -0.39 is 0 Å². The molecule has 0 aliphatic rings. The number of nitrogens with zero attached hydrogens (tertiary/aromatic N) is 2. The maximum atomic E-state index is 9.56. The van der Waals surface area contributed by atoms with E-state index in [4.69, 9.17) is 0 Å². The average Bonchev–Trinajstić information content (AvgIpc) is 2.32. The third-order valence-electron chi connectivity index (χ3n) is 2.94. The Labute approximate surface area is 109 Å². The van der Waals surface area contributed by atoms with Gasteiger partial charge < -0.3 is 14.9 Å². The van der Waals surface area contributed by atoms with E-state index in [9.17, 15) is 5.11 Å². The molecule has 0 fully saturated rings. The molecule has 0 rings (SSSR count). The van der Waals surface area contributed by atoms with E-state index in [1.54, 1.807) is 0 Å². The lowest BCUT2D eigenvalue weighted by Crippen LogP contribution is -2.35. The summed E-state index contributed by atoms with van der Waals surface area (Å²) in [5, 5.41) is 10.2. The second-order valence-corrected chi connectivity index (χ2v) is 4.73. The maximum absolute atomic E-state index is 9.56. The first-order chi connectivity index (χ1) is 7.67. The number of alkyl halides is 1. The second kappa shape index (κ2) is 10.5. The Hall–Kier alpha value is 0.360. The van der Waals surface area contributed by atoms with Crippen LogP contribution >= 0.6 is 15.9 Å². The summed E-state index contributed by atoms with van der Waals surface area (Å²) in [6.07, 6.45) is 0.943. The average molecular weight is 295 g/mol. The molecule has 0 amide bonds. The molecule has 1 N–H and O–H groups in total. The van der Waals surface area contributed by atoms with Crippen LogP contribution in [-0.4, -0.2) is 65.6 Å². The van der Waals surface area contributed by atoms with Gasteiger partial charge in [0.1, 0.15) is 0 Å². The molecule has 0 radical (unpaired) electrons. The first-order valence-electron chi connectivity index (χ1n) is 6.36. The third-order valence-corrected chi connectivity index (χ3v) is 3.68. The highest BCUT2D eigenvalue weighted by atomic mass is 79.9. The van der Waals surface area contributed by atoms with E-state index in [0.717, 1.165) is 39.3 Å². The normalized spacial score (nSPS) is 13.7. The molecule has 0 heterocycles. The van der Waals surface area contributed by atoms with Crippen LogP contribution in [0.5, 0.6) is 0 Å². The van der Waals surface area contributed by atoms with Crippen molar-refractivity contribution >= 4 is 15.9 Å². The van der Waals surface area contributed by atoms with Gasteiger partial charge in [-0.25, -0.2) is 0 Å². The molecule has 0 saturated carbocycles. The summed E-state index contributed by atoms with van der Waals surface area (Å²) in [6.45, 7) is 12.9. The van der Waals surface area contributed by atoms with Gasteiger partial charge in [-0.3, -0.25) is 0 Å². The summed E-state index contributed by atoms with van der Waals surface area (Å²) in [6, 6.07) is 0. The summed E-state index contributed by atoms with van der Waals surface area (Å²) in [7, 11) is 0. The van der Waals surface area contributed by atoms with Gasteiger partial charge in [0.15, 0.2) is 0 Å². The summed E-state index contributed by atoms with van der Waals surface area (Å²) in [5.74, 6) is 0. The Morgan fingerprint density at radius 2 is 1.50 bits per heavy atom. The highest BCUT2D eigenvalue weighted by molar-refractivity contribution is 9.09. The first kappa shape index (κ1) is 16.4. The molecule has 3 nitrogen and oxygen atoms in total. The van der Waals surface area contributed by atoms with Crippen molar-refractivity contribution in [2.75, 3.05) is 44.6 Å². The van der Waals surface area contributed by atoms with Crippen LogP contribution in [0.2, 0.25) is 0 Å². The Morgan fingerprint density at radius 1 is 1.00 bits per heavy atom. The quantitative estimate of drug-likeness (QED) is 0.623. The molecule has 0 aliphatic carbocycles. The van der Waals surface area contributed by atoms with Gasteiger partial charge in [-0.05, 0) is 39.1 Å². The van der Waals surface area contributed by atoms with Gasteiger partial charge >= 0.3 is 0 Å². The van der Waals surface area contributed by atoms with Crippen molar-refractivity contribution < 1.29 is 5.11 Å². The lowest BCUT2D eigenvalue weighted by atomic mass is 10.3. The molecule has 0 aromatic heterocycles. The van der Waals surface area contributed by atoms with E-state index in [-0.39, 0.29) is 6.10 Å². The van der Waals surface area contributed by atoms with Gasteiger partial charge in [0.25, 0.3) is 0 Å². The summed E-state index contributed by atoms with van der Waals surface area (Å²) in [5.41, 5.74) is 0. The predicted molar refractivity (Wildman–Crippen MR) is 74.3 cm³/mol. The minimum Gasteiger partial charge on any atom is -0.391 e. The van der Waals surface area contributed by atoms with E-state index in [0.29, 0.717) is 5.33 Å². The van der Waals surface area contributed by atoms with Crippen LogP contribution in [-0.2, 0) is 0 Å². The number of hydrogen-bond donors (Lipinski definition) is 1. The molecule has 98 valence electrons. The first-order valence-corrected chi connectivity index (χ1v) is 7.48. The minimum atomic E-state index is -0.242. The molecule has 0 aliphatic heterocycles. The number of aliphatic hydroxyl groups excluding tert-OH is 1. The number of aliphatic hydroxyl groups is 1. The van der Waals surface area contributed by atoms with Gasteiger partial charge in [0.2, 0.25) is 0 Å². The molecule has 1 atom stereocenters. The fourth-order valence-corrected chi connectivity index (χ4v) is 1.99. The van der Waals surface area contributed by atoms with Crippen LogP contribution in [0.15, 0.2) is 0 Å². The monoisotopic (exact) mass is 294 g/mol. The zero-order chi connectivity index (χ0) is 12.4. The fraction of sp³-hybridized carbons (Fsp3) is 1.00. The molecule has 16 heavy (non-hydrogen) atoms. The van der Waals surface area contributed by atoms with Crippen molar-refractivity contribution in [1.82, 2.24) is 9.80 Å². The Morgan fingerprint density at radius 3 is 1.94 bits per heavy atom. The highest BCUT2D eigenvalue weighted by Gasteiger charge is 2.09. The van der Waals surface area contributed by atoms with Crippen molar-refractivity contribution in [3.8, 4) is 0 Å². The maximum Gasteiger partial charge on any atom is 0.0763 e. The van der Waals surface area contributed by atoms with Gasteiger partial charge in [-0.1, -0.05) is 36.7 Å². The molecule has 0 spiro atoms. The van der Waals surface area contributed by atoms with E-state index in [1.807, 2.05) is 0 Å². The van der Waals surface area contributed by atoms with Crippen molar-refractivity contribution in [2.45, 2.75) is 33.3 Å². The van der Waals surface area contributed by atoms with Gasteiger partial charge in [0, 0.05) is 11.9 Å².